The summed E-state index contributed by atoms with van der Waals surface area (Å²) in [7, 11) is 0. The quantitative estimate of drug-likeness (QED) is 0.488. The zero-order chi connectivity index (χ0) is 22.2. The predicted molar refractivity (Wildman–Crippen MR) is 125 cm³/mol. The monoisotopic (exact) mass is 415 g/mol. The fourth-order valence-electron chi connectivity index (χ4n) is 4.36. The first-order valence-corrected chi connectivity index (χ1v) is 10.7. The predicted octanol–water partition coefficient (Wildman–Crippen LogP) is 6.67. The molecule has 0 saturated carbocycles. The summed E-state index contributed by atoms with van der Waals surface area (Å²) in [5.74, 6) is -0.0128. The Kier molecular flexibility index (Phi) is 5.48. The number of fused-ring (bicyclic) bond motifs is 1. The summed E-state index contributed by atoms with van der Waals surface area (Å²) in [5.41, 5.74) is 5.80. The minimum atomic E-state index is -0.891. The van der Waals surface area contributed by atoms with Gasteiger partial charge in [0, 0.05) is 5.69 Å². The maximum absolute atomic E-state index is 11.4. The number of carbonyl (C=O) groups is 1. The van der Waals surface area contributed by atoms with Crippen LogP contribution in [0.5, 0.6) is 5.75 Å². The standard InChI is InChI=1S/C27H29NO3/c1-17(2)31-22-11-8-18(9-12-22)19-6-5-7-20(14-19)25-16-27(3,4)23-15-21(26(29)30)10-13-24(23)28-25/h5-15,17,25,28H,16H2,1-4H3,(H,29,30). The first-order chi connectivity index (χ1) is 14.7. The van der Waals surface area contributed by atoms with E-state index in [1.165, 1.54) is 11.1 Å². The van der Waals surface area contributed by atoms with Gasteiger partial charge >= 0.3 is 5.97 Å². The SMILES string of the molecule is CC(C)Oc1ccc(-c2cccc(C3CC(C)(C)c4cc(C(=O)O)ccc4N3)c2)cc1. The van der Waals surface area contributed by atoms with Crippen molar-refractivity contribution in [1.82, 2.24) is 0 Å². The third-order valence-electron chi connectivity index (χ3n) is 5.89. The lowest BCUT2D eigenvalue weighted by Crippen LogP contribution is -2.31. The molecule has 3 aromatic carbocycles. The summed E-state index contributed by atoms with van der Waals surface area (Å²) in [6.07, 6.45) is 1.04. The number of benzene rings is 3. The Labute approximate surface area is 183 Å². The van der Waals surface area contributed by atoms with Crippen LogP contribution >= 0.6 is 0 Å². The summed E-state index contributed by atoms with van der Waals surface area (Å²) in [6.45, 7) is 8.42. The van der Waals surface area contributed by atoms with Crippen LogP contribution in [0.15, 0.2) is 66.7 Å². The Balaban J connectivity index is 1.62. The molecule has 4 heteroatoms. The average Bonchev–Trinajstić information content (AvgIpc) is 2.73. The van der Waals surface area contributed by atoms with Gasteiger partial charge in [-0.1, -0.05) is 44.2 Å². The second kappa shape index (κ2) is 8.10. The highest BCUT2D eigenvalue weighted by Crippen LogP contribution is 2.44. The summed E-state index contributed by atoms with van der Waals surface area (Å²) in [5, 5.41) is 13.0. The molecule has 0 radical (unpaired) electrons. The van der Waals surface area contributed by atoms with Crippen LogP contribution in [0.2, 0.25) is 0 Å². The van der Waals surface area contributed by atoms with Crippen molar-refractivity contribution in [3.8, 4) is 16.9 Å². The fourth-order valence-corrected chi connectivity index (χ4v) is 4.36. The number of carboxylic acid groups (broad SMARTS) is 1. The third-order valence-corrected chi connectivity index (χ3v) is 5.89. The first-order valence-electron chi connectivity index (χ1n) is 10.7. The molecule has 31 heavy (non-hydrogen) atoms. The van der Waals surface area contributed by atoms with E-state index in [1.807, 2.05) is 32.0 Å². The highest BCUT2D eigenvalue weighted by molar-refractivity contribution is 5.89. The number of carboxylic acids is 1. The summed E-state index contributed by atoms with van der Waals surface area (Å²) >= 11 is 0. The Morgan fingerprint density at radius 2 is 1.77 bits per heavy atom. The normalized spacial score (nSPS) is 17.0. The van der Waals surface area contributed by atoms with Crippen LogP contribution in [-0.2, 0) is 5.41 Å². The Morgan fingerprint density at radius 3 is 2.45 bits per heavy atom. The van der Waals surface area contributed by atoms with E-state index in [0.717, 1.165) is 29.0 Å². The molecule has 4 nitrogen and oxygen atoms in total. The zero-order valence-electron chi connectivity index (χ0n) is 18.5. The molecular formula is C27H29NO3. The minimum Gasteiger partial charge on any atom is -0.491 e. The average molecular weight is 416 g/mol. The molecule has 1 heterocycles. The van der Waals surface area contributed by atoms with E-state index in [2.05, 4.69) is 55.6 Å². The van der Waals surface area contributed by atoms with Crippen molar-refractivity contribution in [3.63, 3.8) is 0 Å². The highest BCUT2D eigenvalue weighted by atomic mass is 16.5. The van der Waals surface area contributed by atoms with Gasteiger partial charge in [-0.05, 0) is 84.3 Å². The Bertz CT molecular complexity index is 1100. The van der Waals surface area contributed by atoms with Crippen molar-refractivity contribution in [2.75, 3.05) is 5.32 Å². The lowest BCUT2D eigenvalue weighted by molar-refractivity contribution is 0.0696. The number of hydrogen-bond donors (Lipinski definition) is 2. The van der Waals surface area contributed by atoms with Gasteiger partial charge in [0.1, 0.15) is 5.75 Å². The molecule has 0 bridgehead atoms. The van der Waals surface area contributed by atoms with Gasteiger partial charge in [-0.25, -0.2) is 4.79 Å². The summed E-state index contributed by atoms with van der Waals surface area (Å²) < 4.78 is 5.76. The van der Waals surface area contributed by atoms with Crippen molar-refractivity contribution < 1.29 is 14.6 Å². The molecule has 0 fully saturated rings. The van der Waals surface area contributed by atoms with Crippen LogP contribution in [0.3, 0.4) is 0 Å². The van der Waals surface area contributed by atoms with E-state index in [-0.39, 0.29) is 17.6 Å². The molecule has 0 aliphatic carbocycles. The molecule has 1 unspecified atom stereocenters. The lowest BCUT2D eigenvalue weighted by atomic mass is 9.73. The van der Waals surface area contributed by atoms with Crippen molar-refractivity contribution in [1.29, 1.82) is 0 Å². The smallest absolute Gasteiger partial charge is 0.335 e. The largest absolute Gasteiger partial charge is 0.491 e. The van der Waals surface area contributed by atoms with E-state index in [1.54, 1.807) is 12.1 Å². The summed E-state index contributed by atoms with van der Waals surface area (Å²) in [4.78, 5) is 11.4. The number of ether oxygens (including phenoxy) is 1. The van der Waals surface area contributed by atoms with E-state index < -0.39 is 5.97 Å². The second-order valence-corrected chi connectivity index (χ2v) is 9.17. The number of nitrogens with one attached hydrogen (secondary N) is 1. The van der Waals surface area contributed by atoms with Gasteiger partial charge in [0.05, 0.1) is 17.7 Å². The fraction of sp³-hybridized carbons (Fsp3) is 0.296. The molecule has 2 N–H and O–H groups in total. The molecule has 3 aromatic rings. The van der Waals surface area contributed by atoms with Crippen molar-refractivity contribution >= 4 is 11.7 Å². The van der Waals surface area contributed by atoms with Gasteiger partial charge in [-0.15, -0.1) is 0 Å². The van der Waals surface area contributed by atoms with Crippen LogP contribution < -0.4 is 10.1 Å². The molecule has 0 saturated heterocycles. The molecule has 0 amide bonds. The lowest BCUT2D eigenvalue weighted by Gasteiger charge is -2.39. The van der Waals surface area contributed by atoms with Gasteiger partial charge in [0.15, 0.2) is 0 Å². The second-order valence-electron chi connectivity index (χ2n) is 9.17. The molecule has 1 aliphatic heterocycles. The van der Waals surface area contributed by atoms with Crippen molar-refractivity contribution in [3.05, 3.63) is 83.4 Å². The van der Waals surface area contributed by atoms with Gasteiger partial charge in [-0.2, -0.15) is 0 Å². The zero-order valence-corrected chi connectivity index (χ0v) is 18.5. The van der Waals surface area contributed by atoms with E-state index in [9.17, 15) is 9.90 Å². The minimum absolute atomic E-state index is 0.136. The molecule has 0 aromatic heterocycles. The van der Waals surface area contributed by atoms with Gasteiger partial charge < -0.3 is 15.2 Å². The van der Waals surface area contributed by atoms with Crippen LogP contribution in [0.25, 0.3) is 11.1 Å². The summed E-state index contributed by atoms with van der Waals surface area (Å²) in [6, 6.07) is 22.4. The Morgan fingerprint density at radius 1 is 1.03 bits per heavy atom. The number of anilines is 1. The number of rotatable bonds is 5. The van der Waals surface area contributed by atoms with Gasteiger partial charge in [0.2, 0.25) is 0 Å². The first kappa shape index (κ1) is 21.0. The third kappa shape index (κ3) is 4.43. The number of aromatic carboxylic acids is 1. The van der Waals surface area contributed by atoms with E-state index in [0.29, 0.717) is 5.56 Å². The van der Waals surface area contributed by atoms with Crippen LogP contribution in [0.4, 0.5) is 5.69 Å². The van der Waals surface area contributed by atoms with Gasteiger partial charge in [-0.3, -0.25) is 0 Å². The van der Waals surface area contributed by atoms with Crippen molar-refractivity contribution in [2.45, 2.75) is 51.7 Å². The molecule has 1 atom stereocenters. The maximum Gasteiger partial charge on any atom is 0.335 e. The van der Waals surface area contributed by atoms with Crippen molar-refractivity contribution in [2.24, 2.45) is 0 Å². The van der Waals surface area contributed by atoms with Crippen LogP contribution in [0.1, 0.15) is 61.6 Å². The van der Waals surface area contributed by atoms with Crippen LogP contribution in [-0.4, -0.2) is 17.2 Å². The van der Waals surface area contributed by atoms with Gasteiger partial charge in [0.25, 0.3) is 0 Å². The van der Waals surface area contributed by atoms with Crippen LogP contribution in [0, 0.1) is 0 Å². The topological polar surface area (TPSA) is 58.6 Å². The number of hydrogen-bond acceptors (Lipinski definition) is 3. The molecule has 4 rings (SSSR count). The maximum atomic E-state index is 11.4. The highest BCUT2D eigenvalue weighted by Gasteiger charge is 2.34. The molecular weight excluding hydrogens is 386 g/mol. The molecule has 0 spiro atoms. The Hall–Kier alpha value is -3.27. The molecule has 1 aliphatic rings. The van der Waals surface area contributed by atoms with E-state index in [4.69, 9.17) is 4.74 Å². The van der Waals surface area contributed by atoms with E-state index >= 15 is 0 Å². The molecule has 160 valence electrons.